The normalized spacial score (nSPS) is 10.5. The first-order chi connectivity index (χ1) is 11.6. The monoisotopic (exact) mass is 339 g/mol. The van der Waals surface area contributed by atoms with Gasteiger partial charge in [0.15, 0.2) is 11.6 Å². The molecule has 0 aliphatic carbocycles. The first-order valence-corrected chi connectivity index (χ1v) is 7.86. The van der Waals surface area contributed by atoms with Gasteiger partial charge in [0.05, 0.1) is 0 Å². The van der Waals surface area contributed by atoms with Crippen molar-refractivity contribution in [1.29, 1.82) is 0 Å². The third-order valence-electron chi connectivity index (χ3n) is 3.76. The van der Waals surface area contributed by atoms with Gasteiger partial charge in [-0.2, -0.15) is 0 Å². The number of nitrogens with zero attached hydrogens (tertiary/aromatic N) is 3. The minimum Gasteiger partial charge on any atom is -0.393 e. The highest BCUT2D eigenvalue weighted by Crippen LogP contribution is 2.32. The molecule has 122 valence electrons. The molecule has 0 fully saturated rings. The summed E-state index contributed by atoms with van der Waals surface area (Å²) in [7, 11) is 1.92. The molecule has 0 aliphatic heterocycles. The van der Waals surface area contributed by atoms with Gasteiger partial charge < -0.3 is 16.0 Å². The molecule has 3 aromatic rings. The summed E-state index contributed by atoms with van der Waals surface area (Å²) in [6, 6.07) is 15.6. The van der Waals surface area contributed by atoms with E-state index in [1.807, 2.05) is 67.4 Å². The lowest BCUT2D eigenvalue weighted by atomic mass is 10.2. The van der Waals surface area contributed by atoms with Crippen LogP contribution in [-0.2, 0) is 0 Å². The Morgan fingerprint density at radius 1 is 1.08 bits per heavy atom. The van der Waals surface area contributed by atoms with Crippen molar-refractivity contribution in [2.45, 2.75) is 6.92 Å². The van der Waals surface area contributed by atoms with Crippen molar-refractivity contribution in [3.63, 3.8) is 0 Å². The summed E-state index contributed by atoms with van der Waals surface area (Å²) in [4.78, 5) is 10.5. The van der Waals surface area contributed by atoms with Crippen molar-refractivity contribution in [1.82, 2.24) is 9.97 Å². The molecule has 1 aromatic heterocycles. The Balaban J connectivity index is 1.92. The molecule has 3 N–H and O–H groups in total. The second-order valence-electron chi connectivity index (χ2n) is 5.44. The van der Waals surface area contributed by atoms with Gasteiger partial charge in [-0.15, -0.1) is 0 Å². The van der Waals surface area contributed by atoms with Crippen LogP contribution in [0.15, 0.2) is 54.9 Å². The van der Waals surface area contributed by atoms with E-state index in [0.29, 0.717) is 22.3 Å². The predicted octanol–water partition coefficient (Wildman–Crippen LogP) is 4.53. The fourth-order valence-electron chi connectivity index (χ4n) is 2.33. The summed E-state index contributed by atoms with van der Waals surface area (Å²) in [5.74, 6) is 1.18. The van der Waals surface area contributed by atoms with Crippen LogP contribution in [0.25, 0.3) is 0 Å². The summed E-state index contributed by atoms with van der Waals surface area (Å²) >= 11 is 6.17. The fraction of sp³-hybridized carbons (Fsp3) is 0.111. The summed E-state index contributed by atoms with van der Waals surface area (Å²) in [6.07, 6.45) is 1.49. The van der Waals surface area contributed by atoms with E-state index in [9.17, 15) is 0 Å². The summed E-state index contributed by atoms with van der Waals surface area (Å²) in [5.41, 5.74) is 9.58. The largest absolute Gasteiger partial charge is 0.393 e. The van der Waals surface area contributed by atoms with Crippen LogP contribution in [-0.4, -0.2) is 17.0 Å². The van der Waals surface area contributed by atoms with Crippen LogP contribution >= 0.6 is 11.6 Å². The van der Waals surface area contributed by atoms with Crippen molar-refractivity contribution < 1.29 is 0 Å². The molecule has 5 nitrogen and oxygen atoms in total. The maximum absolute atomic E-state index is 6.28. The molecular weight excluding hydrogens is 322 g/mol. The third kappa shape index (κ3) is 3.26. The summed E-state index contributed by atoms with van der Waals surface area (Å²) in [5, 5.41) is 3.89. The number of nitrogens with one attached hydrogen (secondary N) is 1. The number of halogens is 1. The van der Waals surface area contributed by atoms with Gasteiger partial charge in [-0.3, -0.25) is 0 Å². The first-order valence-electron chi connectivity index (χ1n) is 7.48. The van der Waals surface area contributed by atoms with E-state index in [0.717, 1.165) is 16.9 Å². The molecule has 0 saturated carbocycles. The molecule has 0 saturated heterocycles. The smallest absolute Gasteiger partial charge is 0.161 e. The molecule has 0 aliphatic rings. The Hall–Kier alpha value is -2.79. The number of anilines is 5. The summed E-state index contributed by atoms with van der Waals surface area (Å²) < 4.78 is 0. The lowest BCUT2D eigenvalue weighted by molar-refractivity contribution is 1.09. The highest BCUT2D eigenvalue weighted by Gasteiger charge is 2.13. The SMILES string of the molecule is Cc1ccc(Nc2ncnc(N(C)c3ccccc3)c2N)cc1Cl. The lowest BCUT2D eigenvalue weighted by Gasteiger charge is -2.21. The van der Waals surface area contributed by atoms with Crippen LogP contribution in [0.5, 0.6) is 0 Å². The van der Waals surface area contributed by atoms with Crippen molar-refractivity contribution in [3.05, 3.63) is 65.4 Å². The topological polar surface area (TPSA) is 67.1 Å². The van der Waals surface area contributed by atoms with E-state index in [4.69, 9.17) is 17.3 Å². The molecular formula is C18H18ClN5. The van der Waals surface area contributed by atoms with Gasteiger partial charge in [0, 0.05) is 23.4 Å². The number of hydrogen-bond acceptors (Lipinski definition) is 5. The Labute approximate surface area is 146 Å². The van der Waals surface area contributed by atoms with Gasteiger partial charge in [0.2, 0.25) is 0 Å². The Bertz CT molecular complexity index is 851. The van der Waals surface area contributed by atoms with Crippen LogP contribution in [0, 0.1) is 6.92 Å². The van der Waals surface area contributed by atoms with E-state index in [1.54, 1.807) is 0 Å². The van der Waals surface area contributed by atoms with E-state index >= 15 is 0 Å². The molecule has 6 heteroatoms. The van der Waals surface area contributed by atoms with Crippen LogP contribution in [0.1, 0.15) is 5.56 Å². The third-order valence-corrected chi connectivity index (χ3v) is 4.17. The Morgan fingerprint density at radius 3 is 2.54 bits per heavy atom. The van der Waals surface area contributed by atoms with Crippen molar-refractivity contribution >= 4 is 40.3 Å². The Kier molecular flexibility index (Phi) is 4.53. The standard InChI is InChI=1S/C18H18ClN5/c1-12-8-9-13(10-15(12)19)23-17-16(20)18(22-11-21-17)24(2)14-6-4-3-5-7-14/h3-11H,20H2,1-2H3,(H,21,22,23). The van der Waals surface area contributed by atoms with Crippen LogP contribution in [0.3, 0.4) is 0 Å². The van der Waals surface area contributed by atoms with Crippen LogP contribution in [0.4, 0.5) is 28.7 Å². The number of para-hydroxylation sites is 1. The van der Waals surface area contributed by atoms with Gasteiger partial charge in [0.25, 0.3) is 0 Å². The molecule has 0 radical (unpaired) electrons. The molecule has 0 unspecified atom stereocenters. The van der Waals surface area contributed by atoms with Crippen molar-refractivity contribution in [2.75, 3.05) is 23.0 Å². The molecule has 3 rings (SSSR count). The highest BCUT2D eigenvalue weighted by atomic mass is 35.5. The fourth-order valence-corrected chi connectivity index (χ4v) is 2.51. The quantitative estimate of drug-likeness (QED) is 0.730. The second-order valence-corrected chi connectivity index (χ2v) is 5.85. The van der Waals surface area contributed by atoms with Crippen LogP contribution < -0.4 is 16.0 Å². The van der Waals surface area contributed by atoms with Gasteiger partial charge in [0.1, 0.15) is 12.0 Å². The number of aromatic nitrogens is 2. The van der Waals surface area contributed by atoms with Gasteiger partial charge in [-0.25, -0.2) is 9.97 Å². The maximum atomic E-state index is 6.28. The zero-order valence-corrected chi connectivity index (χ0v) is 14.2. The van der Waals surface area contributed by atoms with E-state index < -0.39 is 0 Å². The van der Waals surface area contributed by atoms with Gasteiger partial charge in [-0.1, -0.05) is 35.9 Å². The molecule has 0 bridgehead atoms. The molecule has 24 heavy (non-hydrogen) atoms. The van der Waals surface area contributed by atoms with E-state index in [-0.39, 0.29) is 0 Å². The first kappa shape index (κ1) is 16.1. The zero-order chi connectivity index (χ0) is 17.1. The number of aryl methyl sites for hydroxylation is 1. The summed E-state index contributed by atoms with van der Waals surface area (Å²) in [6.45, 7) is 1.96. The minimum absolute atomic E-state index is 0.473. The zero-order valence-electron chi connectivity index (χ0n) is 13.5. The van der Waals surface area contributed by atoms with Crippen molar-refractivity contribution in [2.24, 2.45) is 0 Å². The average molecular weight is 340 g/mol. The van der Waals surface area contributed by atoms with Crippen molar-refractivity contribution in [3.8, 4) is 0 Å². The molecule has 1 heterocycles. The number of nitrogens with two attached hydrogens (primary N) is 1. The Morgan fingerprint density at radius 2 is 1.83 bits per heavy atom. The van der Waals surface area contributed by atoms with E-state index in [1.165, 1.54) is 6.33 Å². The number of rotatable bonds is 4. The maximum Gasteiger partial charge on any atom is 0.161 e. The predicted molar refractivity (Wildman–Crippen MR) is 100 cm³/mol. The molecule has 2 aromatic carbocycles. The van der Waals surface area contributed by atoms with Gasteiger partial charge >= 0.3 is 0 Å². The molecule has 0 spiro atoms. The van der Waals surface area contributed by atoms with E-state index in [2.05, 4.69) is 15.3 Å². The number of nitrogen functional groups attached to an aromatic ring is 1. The van der Waals surface area contributed by atoms with Gasteiger partial charge in [-0.05, 0) is 36.8 Å². The average Bonchev–Trinajstić information content (AvgIpc) is 2.60. The second kappa shape index (κ2) is 6.76. The van der Waals surface area contributed by atoms with Crippen LogP contribution in [0.2, 0.25) is 5.02 Å². The lowest BCUT2D eigenvalue weighted by Crippen LogP contribution is -2.15. The number of hydrogen-bond donors (Lipinski definition) is 2. The number of benzene rings is 2. The minimum atomic E-state index is 0.473. The molecule has 0 amide bonds. The molecule has 0 atom stereocenters. The highest BCUT2D eigenvalue weighted by molar-refractivity contribution is 6.31.